The van der Waals surface area contributed by atoms with Gasteiger partial charge in [-0.1, -0.05) is 58.0 Å². The van der Waals surface area contributed by atoms with E-state index in [2.05, 4.69) is 31.4 Å². The van der Waals surface area contributed by atoms with Gasteiger partial charge in [-0.2, -0.15) is 0 Å². The first kappa shape index (κ1) is 19.4. The van der Waals surface area contributed by atoms with E-state index in [1.54, 1.807) is 13.0 Å². The largest absolute Gasteiger partial charge is 0.344 e. The zero-order valence-electron chi connectivity index (χ0n) is 14.3. The van der Waals surface area contributed by atoms with Crippen molar-refractivity contribution in [2.45, 2.75) is 23.9 Å². The van der Waals surface area contributed by atoms with Gasteiger partial charge in [0.1, 0.15) is 5.82 Å². The normalized spacial score (nSPS) is 12.0. The molecule has 1 amide bonds. The van der Waals surface area contributed by atoms with Crippen LogP contribution in [0.15, 0.2) is 63.0 Å². The van der Waals surface area contributed by atoms with Crippen molar-refractivity contribution in [3.8, 4) is 0 Å². The fourth-order valence-electron chi connectivity index (χ4n) is 2.34. The number of rotatable bonds is 6. The molecule has 0 aliphatic carbocycles. The average Bonchev–Trinajstić information content (AvgIpc) is 2.98. The van der Waals surface area contributed by atoms with Crippen LogP contribution in [0.25, 0.3) is 0 Å². The number of halogens is 2. The molecule has 0 radical (unpaired) electrons. The minimum absolute atomic E-state index is 0.0966. The molecule has 1 atom stereocenters. The van der Waals surface area contributed by atoms with Gasteiger partial charge in [0, 0.05) is 4.47 Å². The van der Waals surface area contributed by atoms with Crippen LogP contribution in [0.3, 0.4) is 0 Å². The van der Waals surface area contributed by atoms with Crippen LogP contribution in [0.5, 0.6) is 0 Å². The second-order valence-corrected chi connectivity index (χ2v) is 7.98. The summed E-state index contributed by atoms with van der Waals surface area (Å²) in [6.07, 6.45) is 0. The number of H-pyrrole nitrogens is 1. The molecule has 1 heterocycles. The van der Waals surface area contributed by atoms with E-state index in [-0.39, 0.29) is 17.3 Å². The number of anilines is 1. The Hall–Kier alpha value is -2.39. The standard InChI is InChI=1S/C18H16BrFN4O2S/c1-11(16(25)21-15-8-7-13(19)9-14(15)20)27-18-23-22-17(26)24(18)10-12-5-3-2-4-6-12/h2-9,11H,10H2,1H3,(H,21,25)(H,22,26). The molecule has 0 saturated heterocycles. The molecule has 1 unspecified atom stereocenters. The Kier molecular flexibility index (Phi) is 6.12. The number of aromatic nitrogens is 3. The van der Waals surface area contributed by atoms with Crippen LogP contribution in [0.2, 0.25) is 0 Å². The number of carbonyl (C=O) groups is 1. The van der Waals surface area contributed by atoms with Crippen LogP contribution in [0, 0.1) is 5.82 Å². The van der Waals surface area contributed by atoms with Crippen molar-refractivity contribution < 1.29 is 9.18 Å². The van der Waals surface area contributed by atoms with Gasteiger partial charge in [0.25, 0.3) is 0 Å². The summed E-state index contributed by atoms with van der Waals surface area (Å²) < 4.78 is 15.9. The molecule has 140 valence electrons. The molecule has 0 bridgehead atoms. The van der Waals surface area contributed by atoms with Crippen LogP contribution < -0.4 is 11.0 Å². The molecule has 2 N–H and O–H groups in total. The van der Waals surface area contributed by atoms with Crippen LogP contribution in [-0.4, -0.2) is 25.9 Å². The third-order valence-corrected chi connectivity index (χ3v) is 5.33. The predicted molar refractivity (Wildman–Crippen MR) is 106 cm³/mol. The van der Waals surface area contributed by atoms with E-state index in [9.17, 15) is 14.0 Å². The van der Waals surface area contributed by atoms with Crippen molar-refractivity contribution in [1.29, 1.82) is 0 Å². The number of benzene rings is 2. The lowest BCUT2D eigenvalue weighted by molar-refractivity contribution is -0.115. The summed E-state index contributed by atoms with van der Waals surface area (Å²) in [6.45, 7) is 2.01. The lowest BCUT2D eigenvalue weighted by Gasteiger charge is -2.13. The smallest absolute Gasteiger partial charge is 0.323 e. The molecule has 2 aromatic carbocycles. The van der Waals surface area contributed by atoms with Gasteiger partial charge < -0.3 is 5.32 Å². The zero-order valence-corrected chi connectivity index (χ0v) is 16.7. The van der Waals surface area contributed by atoms with E-state index in [1.807, 2.05) is 30.3 Å². The van der Waals surface area contributed by atoms with Crippen molar-refractivity contribution in [2.75, 3.05) is 5.32 Å². The van der Waals surface area contributed by atoms with Crippen molar-refractivity contribution in [3.05, 3.63) is 74.9 Å². The minimum Gasteiger partial charge on any atom is -0.323 e. The fraction of sp³-hybridized carbons (Fsp3) is 0.167. The molecule has 3 aromatic rings. The topological polar surface area (TPSA) is 79.8 Å². The first-order valence-corrected chi connectivity index (χ1v) is 9.73. The highest BCUT2D eigenvalue weighted by Crippen LogP contribution is 2.24. The fourth-order valence-corrected chi connectivity index (χ4v) is 3.52. The van der Waals surface area contributed by atoms with E-state index < -0.39 is 11.1 Å². The van der Waals surface area contributed by atoms with E-state index >= 15 is 0 Å². The third kappa shape index (κ3) is 4.86. The molecular formula is C18H16BrFN4O2S. The third-order valence-electron chi connectivity index (χ3n) is 3.75. The van der Waals surface area contributed by atoms with E-state index in [1.165, 1.54) is 16.7 Å². The minimum atomic E-state index is -0.585. The number of nitrogens with one attached hydrogen (secondary N) is 2. The molecule has 0 fully saturated rings. The lowest BCUT2D eigenvalue weighted by atomic mass is 10.2. The summed E-state index contributed by atoms with van der Waals surface area (Å²) in [5, 5.41) is 8.76. The second kappa shape index (κ2) is 8.53. The Morgan fingerprint density at radius 3 is 2.78 bits per heavy atom. The van der Waals surface area contributed by atoms with E-state index in [0.717, 1.165) is 17.3 Å². The highest BCUT2D eigenvalue weighted by molar-refractivity contribution is 9.10. The molecule has 0 aliphatic rings. The lowest BCUT2D eigenvalue weighted by Crippen LogP contribution is -2.24. The number of carbonyl (C=O) groups excluding carboxylic acids is 1. The van der Waals surface area contributed by atoms with Gasteiger partial charge in [0.05, 0.1) is 17.5 Å². The van der Waals surface area contributed by atoms with Gasteiger partial charge in [-0.15, -0.1) is 5.10 Å². The molecule has 3 rings (SSSR count). The summed E-state index contributed by atoms with van der Waals surface area (Å²) in [7, 11) is 0. The highest BCUT2D eigenvalue weighted by Gasteiger charge is 2.20. The summed E-state index contributed by atoms with van der Waals surface area (Å²) >= 11 is 4.30. The highest BCUT2D eigenvalue weighted by atomic mass is 79.9. The maximum atomic E-state index is 13.9. The Bertz CT molecular complexity index is 1010. The molecule has 9 heteroatoms. The van der Waals surface area contributed by atoms with E-state index in [0.29, 0.717) is 16.2 Å². The monoisotopic (exact) mass is 450 g/mol. The Morgan fingerprint density at radius 2 is 2.07 bits per heavy atom. The number of thioether (sulfide) groups is 1. The molecule has 0 spiro atoms. The number of nitrogens with zero attached hydrogens (tertiary/aromatic N) is 2. The van der Waals surface area contributed by atoms with Crippen LogP contribution in [0.4, 0.5) is 10.1 Å². The Labute approximate surface area is 167 Å². The Morgan fingerprint density at radius 1 is 1.33 bits per heavy atom. The molecular weight excluding hydrogens is 435 g/mol. The summed E-state index contributed by atoms with van der Waals surface area (Å²) in [5.41, 5.74) is 0.684. The summed E-state index contributed by atoms with van der Waals surface area (Å²) in [6, 6.07) is 13.9. The molecule has 6 nitrogen and oxygen atoms in total. The maximum Gasteiger partial charge on any atom is 0.344 e. The van der Waals surface area contributed by atoms with Gasteiger partial charge in [-0.3, -0.25) is 9.36 Å². The number of aromatic amines is 1. The Balaban J connectivity index is 1.71. The molecule has 0 saturated carbocycles. The number of amides is 1. The first-order valence-electron chi connectivity index (χ1n) is 8.05. The molecule has 1 aromatic heterocycles. The summed E-state index contributed by atoms with van der Waals surface area (Å²) in [5.74, 6) is -0.918. The molecule has 0 aliphatic heterocycles. The van der Waals surface area contributed by atoms with Crippen molar-refractivity contribution in [1.82, 2.24) is 14.8 Å². The SMILES string of the molecule is CC(Sc1n[nH]c(=O)n1Cc1ccccc1)C(=O)Nc1ccc(Br)cc1F. The number of hydrogen-bond donors (Lipinski definition) is 2. The van der Waals surface area contributed by atoms with Gasteiger partial charge in [-0.25, -0.2) is 14.3 Å². The average molecular weight is 451 g/mol. The van der Waals surface area contributed by atoms with Gasteiger partial charge in [0.15, 0.2) is 5.16 Å². The van der Waals surface area contributed by atoms with Crippen molar-refractivity contribution in [2.24, 2.45) is 0 Å². The van der Waals surface area contributed by atoms with Gasteiger partial charge in [0.2, 0.25) is 5.91 Å². The van der Waals surface area contributed by atoms with Crippen LogP contribution >= 0.6 is 27.7 Å². The molecule has 27 heavy (non-hydrogen) atoms. The zero-order chi connectivity index (χ0) is 19.4. The van der Waals surface area contributed by atoms with Crippen LogP contribution in [0.1, 0.15) is 12.5 Å². The van der Waals surface area contributed by atoms with Crippen molar-refractivity contribution in [3.63, 3.8) is 0 Å². The van der Waals surface area contributed by atoms with Crippen LogP contribution in [-0.2, 0) is 11.3 Å². The van der Waals surface area contributed by atoms with Gasteiger partial charge >= 0.3 is 5.69 Å². The first-order chi connectivity index (χ1) is 12.9. The van der Waals surface area contributed by atoms with Crippen molar-refractivity contribution >= 4 is 39.3 Å². The predicted octanol–water partition coefficient (Wildman–Crippen LogP) is 3.64. The van der Waals surface area contributed by atoms with E-state index in [4.69, 9.17) is 0 Å². The van der Waals surface area contributed by atoms with Gasteiger partial charge in [-0.05, 0) is 30.7 Å². The number of hydrogen-bond acceptors (Lipinski definition) is 4. The quantitative estimate of drug-likeness (QED) is 0.561. The maximum absolute atomic E-state index is 13.9. The summed E-state index contributed by atoms with van der Waals surface area (Å²) in [4.78, 5) is 24.4. The second-order valence-electron chi connectivity index (χ2n) is 5.76.